The zero-order valence-electron chi connectivity index (χ0n) is 14.8. The number of hydrogen-bond donors (Lipinski definition) is 0. The molecule has 1 amide bonds. The van der Waals surface area contributed by atoms with Gasteiger partial charge >= 0.3 is 0 Å². The molecule has 132 valence electrons. The number of piperidine rings is 1. The number of hydrogen-bond acceptors (Lipinski definition) is 4. The second-order valence-electron chi connectivity index (χ2n) is 6.42. The Morgan fingerprint density at radius 2 is 2.04 bits per heavy atom. The Balaban J connectivity index is 1.57. The van der Waals surface area contributed by atoms with Gasteiger partial charge in [0.05, 0.1) is 13.7 Å². The molecule has 1 fully saturated rings. The first-order valence-electron chi connectivity index (χ1n) is 8.65. The maximum atomic E-state index is 12.7. The molecule has 1 aromatic heterocycles. The minimum absolute atomic E-state index is 0.0704. The van der Waals surface area contributed by atoms with E-state index in [1.165, 1.54) is 0 Å². The van der Waals surface area contributed by atoms with Crippen molar-refractivity contribution in [1.82, 2.24) is 9.88 Å². The summed E-state index contributed by atoms with van der Waals surface area (Å²) < 4.78 is 11.0. The number of pyridine rings is 1. The normalized spacial score (nSPS) is 17.2. The van der Waals surface area contributed by atoms with Crippen molar-refractivity contribution in [2.75, 3.05) is 26.8 Å². The summed E-state index contributed by atoms with van der Waals surface area (Å²) in [5.74, 6) is 1.81. The molecule has 1 unspecified atom stereocenters. The number of amides is 1. The Morgan fingerprint density at radius 1 is 1.24 bits per heavy atom. The topological polar surface area (TPSA) is 51.7 Å². The van der Waals surface area contributed by atoms with Crippen LogP contribution in [0.3, 0.4) is 0 Å². The van der Waals surface area contributed by atoms with Crippen molar-refractivity contribution in [2.45, 2.75) is 19.8 Å². The Hall–Kier alpha value is -2.56. The van der Waals surface area contributed by atoms with Crippen LogP contribution in [0.4, 0.5) is 0 Å². The van der Waals surface area contributed by atoms with Gasteiger partial charge in [-0.05, 0) is 50.1 Å². The summed E-state index contributed by atoms with van der Waals surface area (Å²) in [5.41, 5.74) is 1.64. The average molecular weight is 340 g/mol. The van der Waals surface area contributed by atoms with E-state index in [0.29, 0.717) is 24.0 Å². The number of benzene rings is 1. The maximum Gasteiger partial charge on any atom is 0.253 e. The summed E-state index contributed by atoms with van der Waals surface area (Å²) in [6, 6.07) is 13.0. The fourth-order valence-corrected chi connectivity index (χ4v) is 3.10. The highest BCUT2D eigenvalue weighted by atomic mass is 16.5. The third-order valence-electron chi connectivity index (χ3n) is 4.47. The lowest BCUT2D eigenvalue weighted by atomic mass is 9.98. The Labute approximate surface area is 148 Å². The number of aryl methyl sites for hydroxylation is 1. The molecule has 0 radical (unpaired) electrons. The number of rotatable bonds is 5. The fourth-order valence-electron chi connectivity index (χ4n) is 3.10. The molecule has 0 saturated carbocycles. The molecular formula is C20H24N2O3. The van der Waals surface area contributed by atoms with E-state index in [9.17, 15) is 4.79 Å². The average Bonchev–Trinajstić information content (AvgIpc) is 2.66. The molecule has 25 heavy (non-hydrogen) atoms. The summed E-state index contributed by atoms with van der Waals surface area (Å²) in [5, 5.41) is 0. The molecule has 0 N–H and O–H groups in total. The third-order valence-corrected chi connectivity index (χ3v) is 4.47. The van der Waals surface area contributed by atoms with Gasteiger partial charge in [0.15, 0.2) is 0 Å². The van der Waals surface area contributed by atoms with E-state index < -0.39 is 0 Å². The maximum absolute atomic E-state index is 12.7. The zero-order valence-corrected chi connectivity index (χ0v) is 14.8. The number of nitrogens with zero attached hydrogens (tertiary/aromatic N) is 2. The lowest BCUT2D eigenvalue weighted by Gasteiger charge is -2.32. The van der Waals surface area contributed by atoms with Crippen LogP contribution < -0.4 is 9.47 Å². The largest absolute Gasteiger partial charge is 0.497 e. The van der Waals surface area contributed by atoms with Gasteiger partial charge in [0.2, 0.25) is 5.88 Å². The molecule has 0 spiro atoms. The number of carbonyl (C=O) groups excluding carboxylic acids is 1. The van der Waals surface area contributed by atoms with E-state index >= 15 is 0 Å². The molecule has 3 rings (SSSR count). The Bertz CT molecular complexity index is 715. The first-order chi connectivity index (χ1) is 12.2. The molecule has 0 bridgehead atoms. The van der Waals surface area contributed by atoms with E-state index in [4.69, 9.17) is 9.47 Å². The molecule has 0 aliphatic carbocycles. The number of methoxy groups -OCH3 is 1. The van der Waals surface area contributed by atoms with Crippen LogP contribution in [-0.2, 0) is 0 Å². The van der Waals surface area contributed by atoms with Crippen molar-refractivity contribution in [3.05, 3.63) is 53.7 Å². The number of likely N-dealkylation sites (tertiary alicyclic amines) is 1. The van der Waals surface area contributed by atoms with Crippen LogP contribution in [0.2, 0.25) is 0 Å². The fraction of sp³-hybridized carbons (Fsp3) is 0.400. The van der Waals surface area contributed by atoms with Crippen molar-refractivity contribution in [1.29, 1.82) is 0 Å². The first-order valence-corrected chi connectivity index (χ1v) is 8.65. The number of carbonyl (C=O) groups is 1. The third kappa shape index (κ3) is 4.50. The van der Waals surface area contributed by atoms with Crippen LogP contribution in [0.25, 0.3) is 0 Å². The predicted molar refractivity (Wildman–Crippen MR) is 96.1 cm³/mol. The van der Waals surface area contributed by atoms with Gasteiger partial charge in [-0.15, -0.1) is 0 Å². The predicted octanol–water partition coefficient (Wildman–Crippen LogP) is 3.33. The van der Waals surface area contributed by atoms with E-state index in [0.717, 1.165) is 37.4 Å². The molecule has 5 heteroatoms. The first kappa shape index (κ1) is 17.3. The second-order valence-corrected chi connectivity index (χ2v) is 6.42. The van der Waals surface area contributed by atoms with Crippen molar-refractivity contribution < 1.29 is 14.3 Å². The lowest BCUT2D eigenvalue weighted by molar-refractivity contribution is 0.0631. The van der Waals surface area contributed by atoms with E-state index in [1.807, 2.05) is 54.3 Å². The molecule has 2 aromatic rings. The lowest BCUT2D eigenvalue weighted by Crippen LogP contribution is -2.41. The molecule has 1 saturated heterocycles. The SMILES string of the molecule is COc1ccc(C(=O)N2CCCC(COc3cccc(C)n3)C2)cc1. The van der Waals surface area contributed by atoms with Gasteiger partial charge in [0.1, 0.15) is 5.75 Å². The van der Waals surface area contributed by atoms with E-state index in [2.05, 4.69) is 4.98 Å². The van der Waals surface area contributed by atoms with Crippen LogP contribution in [0, 0.1) is 12.8 Å². The molecule has 5 nitrogen and oxygen atoms in total. The number of aromatic nitrogens is 1. The quantitative estimate of drug-likeness (QED) is 0.838. The van der Waals surface area contributed by atoms with Crippen LogP contribution in [0.15, 0.2) is 42.5 Å². The van der Waals surface area contributed by atoms with Gasteiger partial charge in [-0.25, -0.2) is 4.98 Å². The van der Waals surface area contributed by atoms with Gasteiger partial charge in [0.25, 0.3) is 5.91 Å². The highest BCUT2D eigenvalue weighted by molar-refractivity contribution is 5.94. The zero-order chi connectivity index (χ0) is 17.6. The van der Waals surface area contributed by atoms with Crippen molar-refractivity contribution >= 4 is 5.91 Å². The van der Waals surface area contributed by atoms with Crippen molar-refractivity contribution in [2.24, 2.45) is 5.92 Å². The standard InChI is InChI=1S/C20H24N2O3/c1-15-5-3-7-19(21-15)25-14-16-6-4-12-22(13-16)20(23)17-8-10-18(24-2)11-9-17/h3,5,7-11,16H,4,6,12-14H2,1-2H3. The van der Waals surface area contributed by atoms with Crippen LogP contribution in [0.1, 0.15) is 28.9 Å². The summed E-state index contributed by atoms with van der Waals surface area (Å²) >= 11 is 0. The Morgan fingerprint density at radius 3 is 2.76 bits per heavy atom. The van der Waals surface area contributed by atoms with Crippen molar-refractivity contribution in [3.63, 3.8) is 0 Å². The highest BCUT2D eigenvalue weighted by Crippen LogP contribution is 2.21. The van der Waals surface area contributed by atoms with Gasteiger partial charge in [0, 0.05) is 36.3 Å². The molecule has 2 heterocycles. The molecular weight excluding hydrogens is 316 g/mol. The van der Waals surface area contributed by atoms with Crippen LogP contribution in [0.5, 0.6) is 11.6 Å². The van der Waals surface area contributed by atoms with Crippen LogP contribution in [-0.4, -0.2) is 42.6 Å². The van der Waals surface area contributed by atoms with Gasteiger partial charge in [-0.3, -0.25) is 4.79 Å². The summed E-state index contributed by atoms with van der Waals surface area (Å²) in [4.78, 5) is 19.0. The highest BCUT2D eigenvalue weighted by Gasteiger charge is 2.25. The van der Waals surface area contributed by atoms with Crippen LogP contribution >= 0.6 is 0 Å². The van der Waals surface area contributed by atoms with Gasteiger partial charge in [-0.2, -0.15) is 0 Å². The summed E-state index contributed by atoms with van der Waals surface area (Å²) in [7, 11) is 1.62. The minimum atomic E-state index is 0.0704. The second kappa shape index (κ2) is 8.01. The number of ether oxygens (including phenoxy) is 2. The Kier molecular flexibility index (Phi) is 5.53. The molecule has 1 aliphatic rings. The van der Waals surface area contributed by atoms with E-state index in [-0.39, 0.29) is 5.91 Å². The van der Waals surface area contributed by atoms with Gasteiger partial charge < -0.3 is 14.4 Å². The molecule has 1 aliphatic heterocycles. The van der Waals surface area contributed by atoms with E-state index in [1.54, 1.807) is 7.11 Å². The van der Waals surface area contributed by atoms with Gasteiger partial charge in [-0.1, -0.05) is 6.07 Å². The summed E-state index contributed by atoms with van der Waals surface area (Å²) in [6.07, 6.45) is 2.06. The van der Waals surface area contributed by atoms with Crippen molar-refractivity contribution in [3.8, 4) is 11.6 Å². The minimum Gasteiger partial charge on any atom is -0.497 e. The summed E-state index contributed by atoms with van der Waals surface area (Å²) in [6.45, 7) is 4.05. The smallest absolute Gasteiger partial charge is 0.253 e. The molecule has 1 atom stereocenters. The monoisotopic (exact) mass is 340 g/mol. The molecule has 1 aromatic carbocycles.